The van der Waals surface area contributed by atoms with Gasteiger partial charge in [-0.3, -0.25) is 0 Å². The van der Waals surface area contributed by atoms with Crippen LogP contribution >= 0.6 is 23.2 Å². The predicted octanol–water partition coefficient (Wildman–Crippen LogP) is 4.97. The number of benzene rings is 2. The zero-order valence-corrected chi connectivity index (χ0v) is 13.7. The van der Waals surface area contributed by atoms with Gasteiger partial charge in [0.1, 0.15) is 0 Å². The Morgan fingerprint density at radius 2 is 1.78 bits per heavy atom. The molecule has 23 heavy (non-hydrogen) atoms. The van der Waals surface area contributed by atoms with Crippen LogP contribution in [0.15, 0.2) is 48.7 Å². The molecule has 1 aromatic heterocycles. The van der Waals surface area contributed by atoms with Gasteiger partial charge in [-0.2, -0.15) is 10.1 Å². The van der Waals surface area contributed by atoms with E-state index in [4.69, 9.17) is 23.2 Å². The number of hydrogen-bond donors (Lipinski definition) is 2. The molecular weight excluding hydrogens is 333 g/mol. The van der Waals surface area contributed by atoms with Crippen LogP contribution in [0.4, 0.5) is 23.1 Å². The second-order valence-electron chi connectivity index (χ2n) is 4.88. The molecule has 0 fully saturated rings. The number of aryl methyl sites for hydroxylation is 1. The highest BCUT2D eigenvalue weighted by atomic mass is 35.5. The van der Waals surface area contributed by atoms with Crippen LogP contribution in [0.2, 0.25) is 10.0 Å². The van der Waals surface area contributed by atoms with Crippen molar-refractivity contribution < 1.29 is 0 Å². The number of aromatic nitrogens is 3. The van der Waals surface area contributed by atoms with Crippen molar-refractivity contribution in [3.05, 3.63) is 64.3 Å². The van der Waals surface area contributed by atoms with Gasteiger partial charge in [-0.25, -0.2) is 0 Å². The summed E-state index contributed by atoms with van der Waals surface area (Å²) in [6.07, 6.45) is 1.55. The minimum Gasteiger partial charge on any atom is -0.339 e. The van der Waals surface area contributed by atoms with Crippen LogP contribution in [0.25, 0.3) is 0 Å². The van der Waals surface area contributed by atoms with Crippen molar-refractivity contribution in [3.8, 4) is 0 Å². The molecule has 5 nitrogen and oxygen atoms in total. The largest absolute Gasteiger partial charge is 0.339 e. The molecule has 3 aromatic rings. The lowest BCUT2D eigenvalue weighted by atomic mass is 10.2. The van der Waals surface area contributed by atoms with Crippen molar-refractivity contribution in [2.45, 2.75) is 6.92 Å². The van der Waals surface area contributed by atoms with Crippen LogP contribution < -0.4 is 10.6 Å². The molecule has 0 amide bonds. The minimum atomic E-state index is 0.379. The fourth-order valence-corrected chi connectivity index (χ4v) is 2.43. The molecule has 2 aromatic carbocycles. The Morgan fingerprint density at radius 1 is 0.957 bits per heavy atom. The second-order valence-corrected chi connectivity index (χ2v) is 5.76. The van der Waals surface area contributed by atoms with Crippen molar-refractivity contribution in [1.29, 1.82) is 0 Å². The van der Waals surface area contributed by atoms with Crippen LogP contribution in [0, 0.1) is 6.92 Å². The number of nitrogens with one attached hydrogen (secondary N) is 2. The number of hydrogen-bond acceptors (Lipinski definition) is 5. The first kappa shape index (κ1) is 15.5. The Balaban J connectivity index is 1.79. The number of anilines is 4. The second kappa shape index (κ2) is 6.81. The third-order valence-corrected chi connectivity index (χ3v) is 3.56. The maximum atomic E-state index is 5.96. The Morgan fingerprint density at radius 3 is 2.57 bits per heavy atom. The van der Waals surface area contributed by atoms with Gasteiger partial charge >= 0.3 is 0 Å². The van der Waals surface area contributed by atoms with Gasteiger partial charge in [0.25, 0.3) is 0 Å². The van der Waals surface area contributed by atoms with Crippen molar-refractivity contribution in [1.82, 2.24) is 15.2 Å². The van der Waals surface area contributed by atoms with E-state index in [0.717, 1.165) is 16.9 Å². The molecule has 3 rings (SSSR count). The van der Waals surface area contributed by atoms with Gasteiger partial charge in [0.05, 0.1) is 6.20 Å². The van der Waals surface area contributed by atoms with Gasteiger partial charge in [0, 0.05) is 21.4 Å². The molecule has 2 N–H and O–H groups in total. The lowest BCUT2D eigenvalue weighted by Crippen LogP contribution is -2.03. The van der Waals surface area contributed by atoms with Crippen molar-refractivity contribution in [2.75, 3.05) is 10.6 Å². The summed E-state index contributed by atoms with van der Waals surface area (Å²) in [5.74, 6) is 0.957. The Hall–Kier alpha value is -2.37. The lowest BCUT2D eigenvalue weighted by molar-refractivity contribution is 0.982. The quantitative estimate of drug-likeness (QED) is 0.698. The maximum Gasteiger partial charge on any atom is 0.249 e. The third kappa shape index (κ3) is 4.09. The van der Waals surface area contributed by atoms with E-state index in [-0.39, 0.29) is 0 Å². The molecule has 0 saturated carbocycles. The molecule has 0 radical (unpaired) electrons. The average Bonchev–Trinajstić information content (AvgIpc) is 2.51. The van der Waals surface area contributed by atoms with Gasteiger partial charge in [0.2, 0.25) is 5.95 Å². The predicted molar refractivity (Wildman–Crippen MR) is 94.0 cm³/mol. The van der Waals surface area contributed by atoms with Crippen molar-refractivity contribution in [3.63, 3.8) is 0 Å². The van der Waals surface area contributed by atoms with E-state index in [1.807, 2.05) is 37.3 Å². The molecule has 1 heterocycles. The van der Waals surface area contributed by atoms with Crippen LogP contribution in [0.1, 0.15) is 5.56 Å². The molecule has 0 aliphatic carbocycles. The summed E-state index contributed by atoms with van der Waals surface area (Å²) in [6, 6.07) is 12.9. The minimum absolute atomic E-state index is 0.379. The van der Waals surface area contributed by atoms with Gasteiger partial charge in [-0.15, -0.1) is 5.10 Å². The van der Waals surface area contributed by atoms with Gasteiger partial charge in [0.15, 0.2) is 5.82 Å². The van der Waals surface area contributed by atoms with Crippen LogP contribution in [-0.4, -0.2) is 15.2 Å². The molecule has 0 unspecified atom stereocenters. The molecule has 7 heteroatoms. The lowest BCUT2D eigenvalue weighted by Gasteiger charge is -2.10. The zero-order valence-electron chi connectivity index (χ0n) is 12.2. The summed E-state index contributed by atoms with van der Waals surface area (Å²) in [7, 11) is 0. The van der Waals surface area contributed by atoms with Crippen LogP contribution in [0.3, 0.4) is 0 Å². The first-order chi connectivity index (χ1) is 11.1. The van der Waals surface area contributed by atoms with Crippen LogP contribution in [0.5, 0.6) is 0 Å². The summed E-state index contributed by atoms with van der Waals surface area (Å²) in [6.45, 7) is 1.97. The van der Waals surface area contributed by atoms with Gasteiger partial charge < -0.3 is 10.6 Å². The summed E-state index contributed by atoms with van der Waals surface area (Å²) in [5.41, 5.74) is 2.71. The van der Waals surface area contributed by atoms with E-state index >= 15 is 0 Å². The molecular formula is C16H13Cl2N5. The molecule has 116 valence electrons. The highest BCUT2D eigenvalue weighted by Gasteiger charge is 2.04. The van der Waals surface area contributed by atoms with E-state index in [0.29, 0.717) is 21.8 Å². The fraction of sp³-hybridized carbons (Fsp3) is 0.0625. The fourth-order valence-electron chi connectivity index (χ4n) is 2.02. The summed E-state index contributed by atoms with van der Waals surface area (Å²) in [5, 5.41) is 15.5. The van der Waals surface area contributed by atoms with Gasteiger partial charge in [-0.05, 0) is 48.9 Å². The highest BCUT2D eigenvalue weighted by molar-refractivity contribution is 6.31. The standard InChI is InChI=1S/C16H13Cl2N5/c1-10-7-12(18)5-6-14(10)21-15-9-19-23-16(22-15)20-13-4-2-3-11(17)8-13/h2-9H,1H3,(H2,20,21,22,23). The van der Waals surface area contributed by atoms with E-state index in [1.54, 1.807) is 18.3 Å². The zero-order chi connectivity index (χ0) is 16.2. The first-order valence-corrected chi connectivity index (χ1v) is 7.61. The van der Waals surface area contributed by atoms with Crippen molar-refractivity contribution in [2.24, 2.45) is 0 Å². The third-order valence-electron chi connectivity index (χ3n) is 3.09. The molecule has 0 aliphatic rings. The normalized spacial score (nSPS) is 10.4. The van der Waals surface area contributed by atoms with E-state index in [2.05, 4.69) is 25.8 Å². The maximum absolute atomic E-state index is 5.96. The summed E-state index contributed by atoms with van der Waals surface area (Å²) in [4.78, 5) is 4.38. The van der Waals surface area contributed by atoms with Gasteiger partial charge in [-0.1, -0.05) is 29.3 Å². The highest BCUT2D eigenvalue weighted by Crippen LogP contribution is 2.23. The SMILES string of the molecule is Cc1cc(Cl)ccc1Nc1cnnc(Nc2cccc(Cl)c2)n1. The van der Waals surface area contributed by atoms with Crippen LogP contribution in [-0.2, 0) is 0 Å². The molecule has 0 aliphatic heterocycles. The Labute approximate surface area is 143 Å². The average molecular weight is 346 g/mol. The smallest absolute Gasteiger partial charge is 0.249 e. The first-order valence-electron chi connectivity index (χ1n) is 6.86. The van der Waals surface area contributed by atoms with E-state index in [1.165, 1.54) is 0 Å². The molecule has 0 atom stereocenters. The summed E-state index contributed by atoms with van der Waals surface area (Å²) < 4.78 is 0. The number of halogens is 2. The Kier molecular flexibility index (Phi) is 4.60. The molecule has 0 saturated heterocycles. The van der Waals surface area contributed by atoms with Crippen molar-refractivity contribution >= 4 is 46.3 Å². The number of rotatable bonds is 4. The topological polar surface area (TPSA) is 62.7 Å². The number of nitrogens with zero attached hydrogens (tertiary/aromatic N) is 3. The summed E-state index contributed by atoms with van der Waals surface area (Å²) >= 11 is 11.9. The van der Waals surface area contributed by atoms with E-state index < -0.39 is 0 Å². The Bertz CT molecular complexity index is 838. The molecule has 0 bridgehead atoms. The monoisotopic (exact) mass is 345 g/mol. The van der Waals surface area contributed by atoms with E-state index in [9.17, 15) is 0 Å². The molecule has 0 spiro atoms.